The molecule has 2 atom stereocenters. The van der Waals surface area contributed by atoms with Crippen molar-refractivity contribution in [1.29, 1.82) is 0 Å². The van der Waals surface area contributed by atoms with Gasteiger partial charge in [-0.05, 0) is 43.1 Å². The molecule has 1 aliphatic heterocycles. The van der Waals surface area contributed by atoms with Gasteiger partial charge in [-0.15, -0.1) is 0 Å². The average molecular weight is 265 g/mol. The van der Waals surface area contributed by atoms with Crippen molar-refractivity contribution in [2.45, 2.75) is 25.9 Å². The molecule has 0 spiro atoms. The number of hydrogen-bond donors (Lipinski definition) is 1. The molecule has 1 N–H and O–H groups in total. The Labute approximate surface area is 113 Å². The Morgan fingerprint density at radius 1 is 1.42 bits per heavy atom. The molecule has 0 aromatic heterocycles. The molecule has 1 aromatic carbocycles. The van der Waals surface area contributed by atoms with E-state index in [1.165, 1.54) is 24.3 Å². The number of β-amino-alcohol motifs (C(OH)–C–C–N with tert-alkyl or cyclic N) is 1. The first-order chi connectivity index (χ1) is 9.06. The lowest BCUT2D eigenvalue weighted by atomic mass is 9.96. The summed E-state index contributed by atoms with van der Waals surface area (Å²) in [5, 5.41) is 9.79. The van der Waals surface area contributed by atoms with E-state index in [0.717, 1.165) is 13.0 Å². The van der Waals surface area contributed by atoms with E-state index in [2.05, 4.69) is 4.90 Å². The number of benzene rings is 1. The molecule has 0 unspecified atom stereocenters. The van der Waals surface area contributed by atoms with Crippen LogP contribution in [0, 0.1) is 11.7 Å². The third kappa shape index (κ3) is 3.85. The quantitative estimate of drug-likeness (QED) is 0.848. The van der Waals surface area contributed by atoms with Crippen molar-refractivity contribution in [3.63, 3.8) is 0 Å². The normalized spacial score (nSPS) is 24.4. The topological polar surface area (TPSA) is 40.5 Å². The minimum absolute atomic E-state index is 0.0214. The van der Waals surface area contributed by atoms with Gasteiger partial charge >= 0.3 is 0 Å². The van der Waals surface area contributed by atoms with E-state index in [1.807, 2.05) is 6.92 Å². The molecule has 0 amide bonds. The summed E-state index contributed by atoms with van der Waals surface area (Å²) in [6.45, 7) is 4.26. The van der Waals surface area contributed by atoms with Crippen LogP contribution in [0.1, 0.15) is 30.1 Å². The van der Waals surface area contributed by atoms with Crippen LogP contribution < -0.4 is 0 Å². The van der Waals surface area contributed by atoms with Crippen molar-refractivity contribution in [3.05, 3.63) is 35.6 Å². The molecule has 0 aliphatic carbocycles. The van der Waals surface area contributed by atoms with E-state index in [1.54, 1.807) is 0 Å². The summed E-state index contributed by atoms with van der Waals surface area (Å²) >= 11 is 0. The van der Waals surface area contributed by atoms with Gasteiger partial charge in [-0.3, -0.25) is 4.79 Å². The summed E-state index contributed by atoms with van der Waals surface area (Å²) in [5.41, 5.74) is 0.548. The van der Waals surface area contributed by atoms with Gasteiger partial charge in [-0.1, -0.05) is 6.92 Å². The van der Waals surface area contributed by atoms with Crippen molar-refractivity contribution in [1.82, 2.24) is 4.90 Å². The molecule has 3 nitrogen and oxygen atoms in total. The lowest BCUT2D eigenvalue weighted by Crippen LogP contribution is -2.43. The number of ketones is 1. The molecule has 2 rings (SSSR count). The highest BCUT2D eigenvalue weighted by atomic mass is 19.1. The maximum atomic E-state index is 12.8. The highest BCUT2D eigenvalue weighted by Crippen LogP contribution is 2.17. The first kappa shape index (κ1) is 14.2. The van der Waals surface area contributed by atoms with Crippen LogP contribution in [0.2, 0.25) is 0 Å². The first-order valence-corrected chi connectivity index (χ1v) is 6.75. The fourth-order valence-corrected chi connectivity index (χ4v) is 2.36. The van der Waals surface area contributed by atoms with Crippen LogP contribution in [0.15, 0.2) is 24.3 Å². The van der Waals surface area contributed by atoms with Crippen LogP contribution >= 0.6 is 0 Å². The largest absolute Gasteiger partial charge is 0.392 e. The van der Waals surface area contributed by atoms with Gasteiger partial charge in [0, 0.05) is 25.1 Å². The fourth-order valence-electron chi connectivity index (χ4n) is 2.36. The van der Waals surface area contributed by atoms with E-state index in [4.69, 9.17) is 0 Å². The monoisotopic (exact) mass is 265 g/mol. The summed E-state index contributed by atoms with van der Waals surface area (Å²) in [4.78, 5) is 14.1. The minimum Gasteiger partial charge on any atom is -0.392 e. The maximum Gasteiger partial charge on any atom is 0.164 e. The number of rotatable bonds is 4. The third-order valence-electron chi connectivity index (χ3n) is 3.82. The maximum absolute atomic E-state index is 12.8. The van der Waals surface area contributed by atoms with Gasteiger partial charge in [0.15, 0.2) is 5.78 Å². The molecule has 104 valence electrons. The molecular weight excluding hydrogens is 245 g/mol. The number of nitrogens with zero attached hydrogens (tertiary/aromatic N) is 1. The Kier molecular flexibility index (Phi) is 4.66. The predicted octanol–water partition coefficient (Wildman–Crippen LogP) is 2.10. The summed E-state index contributed by atoms with van der Waals surface area (Å²) in [5.74, 6) is 0.0295. The molecule has 0 radical (unpaired) electrons. The standard InChI is InChI=1S/C15H20FNO2/c1-11-6-8-17(10-15(11)19)9-7-14(18)12-2-4-13(16)5-3-12/h2-5,11,15,19H,6-10H2,1H3/t11-,15-/m1/s1. The Hall–Kier alpha value is -1.26. The molecular formula is C15H20FNO2. The molecule has 1 fully saturated rings. The van der Waals surface area contributed by atoms with Gasteiger partial charge in [-0.2, -0.15) is 0 Å². The summed E-state index contributed by atoms with van der Waals surface area (Å²) in [6.07, 6.45) is 1.08. The molecule has 0 bridgehead atoms. The van der Waals surface area contributed by atoms with Crippen molar-refractivity contribution in [3.8, 4) is 0 Å². The molecule has 1 aromatic rings. The Morgan fingerprint density at radius 3 is 2.74 bits per heavy atom. The smallest absolute Gasteiger partial charge is 0.164 e. The van der Waals surface area contributed by atoms with Crippen molar-refractivity contribution < 1.29 is 14.3 Å². The third-order valence-corrected chi connectivity index (χ3v) is 3.82. The molecule has 1 heterocycles. The van der Waals surface area contributed by atoms with Crippen LogP contribution in [0.25, 0.3) is 0 Å². The minimum atomic E-state index is -0.329. The van der Waals surface area contributed by atoms with Gasteiger partial charge in [0.25, 0.3) is 0 Å². The summed E-state index contributed by atoms with van der Waals surface area (Å²) in [7, 11) is 0. The number of hydrogen-bond acceptors (Lipinski definition) is 3. The highest BCUT2D eigenvalue weighted by Gasteiger charge is 2.24. The van der Waals surface area contributed by atoms with Crippen LogP contribution in [0.4, 0.5) is 4.39 Å². The number of piperidine rings is 1. The van der Waals surface area contributed by atoms with Gasteiger partial charge in [0.05, 0.1) is 6.10 Å². The van der Waals surface area contributed by atoms with Crippen LogP contribution in [-0.2, 0) is 0 Å². The van der Waals surface area contributed by atoms with E-state index in [-0.39, 0.29) is 17.7 Å². The number of halogens is 1. The van der Waals surface area contributed by atoms with Crippen molar-refractivity contribution in [2.24, 2.45) is 5.92 Å². The number of Topliss-reactive ketones (excluding diaryl/α,β-unsaturated/α-hetero) is 1. The summed E-state index contributed by atoms with van der Waals surface area (Å²) in [6, 6.07) is 5.65. The van der Waals surface area contributed by atoms with Gasteiger partial charge < -0.3 is 10.0 Å². The van der Waals surface area contributed by atoms with E-state index in [9.17, 15) is 14.3 Å². The molecule has 4 heteroatoms. The number of carbonyl (C=O) groups is 1. The molecule has 1 saturated heterocycles. The number of carbonyl (C=O) groups excluding carboxylic acids is 1. The van der Waals surface area contributed by atoms with Crippen LogP contribution in [0.5, 0.6) is 0 Å². The lowest BCUT2D eigenvalue weighted by Gasteiger charge is -2.34. The molecule has 0 saturated carbocycles. The second kappa shape index (κ2) is 6.26. The van der Waals surface area contributed by atoms with Gasteiger partial charge in [0.2, 0.25) is 0 Å². The average Bonchev–Trinajstić information content (AvgIpc) is 2.40. The predicted molar refractivity (Wildman–Crippen MR) is 71.6 cm³/mol. The second-order valence-corrected chi connectivity index (χ2v) is 5.31. The van der Waals surface area contributed by atoms with Crippen molar-refractivity contribution >= 4 is 5.78 Å². The number of likely N-dealkylation sites (tertiary alicyclic amines) is 1. The zero-order valence-electron chi connectivity index (χ0n) is 11.2. The number of aliphatic hydroxyl groups excluding tert-OH is 1. The Balaban J connectivity index is 1.82. The van der Waals surface area contributed by atoms with Crippen LogP contribution in [0.3, 0.4) is 0 Å². The Bertz CT molecular complexity index is 432. The molecule has 1 aliphatic rings. The van der Waals surface area contributed by atoms with Gasteiger partial charge in [-0.25, -0.2) is 4.39 Å². The second-order valence-electron chi connectivity index (χ2n) is 5.31. The van der Waals surface area contributed by atoms with E-state index in [0.29, 0.717) is 31.0 Å². The zero-order valence-corrected chi connectivity index (χ0v) is 11.2. The number of aliphatic hydroxyl groups is 1. The molecule has 19 heavy (non-hydrogen) atoms. The Morgan fingerprint density at radius 2 is 2.11 bits per heavy atom. The summed E-state index contributed by atoms with van der Waals surface area (Å²) < 4.78 is 12.8. The highest BCUT2D eigenvalue weighted by molar-refractivity contribution is 5.96. The van der Waals surface area contributed by atoms with Crippen molar-refractivity contribution in [2.75, 3.05) is 19.6 Å². The van der Waals surface area contributed by atoms with E-state index >= 15 is 0 Å². The first-order valence-electron chi connectivity index (χ1n) is 6.75. The zero-order chi connectivity index (χ0) is 13.8. The SMILES string of the molecule is C[C@@H]1CCN(CCC(=O)c2ccc(F)cc2)C[C@H]1O. The van der Waals surface area contributed by atoms with Gasteiger partial charge in [0.1, 0.15) is 5.82 Å². The fraction of sp³-hybridized carbons (Fsp3) is 0.533. The van der Waals surface area contributed by atoms with E-state index < -0.39 is 0 Å². The lowest BCUT2D eigenvalue weighted by molar-refractivity contribution is 0.0287. The van der Waals surface area contributed by atoms with Crippen LogP contribution in [-0.4, -0.2) is 41.5 Å².